The van der Waals surface area contributed by atoms with Crippen molar-refractivity contribution in [2.45, 2.75) is 31.1 Å². The number of carbonyl (C=O) groups excluding carboxylic acids is 2. The Morgan fingerprint density at radius 3 is 1.01 bits per heavy atom. The van der Waals surface area contributed by atoms with Gasteiger partial charge in [-0.2, -0.15) is 0 Å². The van der Waals surface area contributed by atoms with Crippen molar-refractivity contribution >= 4 is 46.1 Å². The molecule has 67 heavy (non-hydrogen) atoms. The van der Waals surface area contributed by atoms with Gasteiger partial charge in [-0.1, -0.05) is 134 Å². The molecule has 0 heterocycles. The van der Waals surface area contributed by atoms with Gasteiger partial charge in [-0.05, 0) is 155 Å². The van der Waals surface area contributed by atoms with Gasteiger partial charge in [0.05, 0.1) is 13.2 Å². The summed E-state index contributed by atoms with van der Waals surface area (Å²) >= 11 is 0. The van der Waals surface area contributed by atoms with Crippen molar-refractivity contribution in [2.24, 2.45) is 0 Å². The van der Waals surface area contributed by atoms with Crippen LogP contribution in [0.4, 0.5) is 34.1 Å². The molecule has 0 N–H and O–H groups in total. The first-order valence-electron chi connectivity index (χ1n) is 22.8. The fourth-order valence-corrected chi connectivity index (χ4v) is 9.54. The van der Waals surface area contributed by atoms with E-state index in [1.807, 2.05) is 24.3 Å². The van der Waals surface area contributed by atoms with Gasteiger partial charge in [0.15, 0.2) is 0 Å². The number of benzene rings is 8. The van der Waals surface area contributed by atoms with Crippen molar-refractivity contribution in [3.05, 3.63) is 243 Å². The van der Waals surface area contributed by atoms with Crippen molar-refractivity contribution in [3.8, 4) is 33.4 Å². The van der Waals surface area contributed by atoms with Crippen LogP contribution in [0.5, 0.6) is 0 Å². The first kappa shape index (κ1) is 44.0. The number of hydrogen-bond acceptors (Lipinski definition) is 6. The summed E-state index contributed by atoms with van der Waals surface area (Å²) in [5.74, 6) is -0.879. The Bertz CT molecular complexity index is 2690. The van der Waals surface area contributed by atoms with E-state index in [9.17, 15) is 9.59 Å². The lowest BCUT2D eigenvalue weighted by Crippen LogP contribution is -2.27. The molecule has 9 rings (SSSR count). The highest BCUT2D eigenvalue weighted by Crippen LogP contribution is 2.55. The molecule has 0 aliphatic heterocycles. The third kappa shape index (κ3) is 9.47. The molecule has 6 nitrogen and oxygen atoms in total. The molecule has 330 valence electrons. The van der Waals surface area contributed by atoms with Gasteiger partial charge >= 0.3 is 11.9 Å². The standard InChI is InChI=1S/C61H52N2O4/c1-3-59(64)66-41-17-39-61(40-18-42-67-60(65)4-2)57-43-47(45-27-33-53(34-28-45)62(49-19-9-5-10-20-49)50-21-11-6-12-22-50)31-37-55(57)56-38-32-48(44-58(56)61)46-29-35-54(36-30-46)63(51-23-13-7-14-24-51)52-25-15-8-16-26-52/h3-16,19-38,43-44H,1-2,17-18,39-42H2. The predicted octanol–water partition coefficient (Wildman–Crippen LogP) is 15.2. The Hall–Kier alpha value is -8.22. The molecule has 0 saturated heterocycles. The van der Waals surface area contributed by atoms with Gasteiger partial charge in [0.25, 0.3) is 0 Å². The number of esters is 2. The first-order valence-corrected chi connectivity index (χ1v) is 22.8. The smallest absolute Gasteiger partial charge is 0.330 e. The van der Waals surface area contributed by atoms with Crippen LogP contribution in [-0.4, -0.2) is 25.2 Å². The summed E-state index contributed by atoms with van der Waals surface area (Å²) in [6.07, 6.45) is 5.04. The van der Waals surface area contributed by atoms with Gasteiger partial charge < -0.3 is 19.3 Å². The molecule has 6 heteroatoms. The monoisotopic (exact) mass is 876 g/mol. The summed E-state index contributed by atoms with van der Waals surface area (Å²) in [6.45, 7) is 7.71. The van der Waals surface area contributed by atoms with Crippen molar-refractivity contribution in [2.75, 3.05) is 23.0 Å². The molecule has 0 saturated carbocycles. The molecule has 1 aliphatic rings. The second-order valence-electron chi connectivity index (χ2n) is 16.7. The van der Waals surface area contributed by atoms with Gasteiger partial charge in [0.1, 0.15) is 0 Å². The average molecular weight is 877 g/mol. The van der Waals surface area contributed by atoms with E-state index < -0.39 is 17.4 Å². The fourth-order valence-electron chi connectivity index (χ4n) is 9.54. The Balaban J connectivity index is 1.10. The number of fused-ring (bicyclic) bond motifs is 3. The summed E-state index contributed by atoms with van der Waals surface area (Å²) in [4.78, 5) is 29.0. The molecule has 8 aromatic rings. The zero-order valence-corrected chi connectivity index (χ0v) is 37.5. The topological polar surface area (TPSA) is 59.1 Å². The molecule has 0 aromatic heterocycles. The number of nitrogens with zero attached hydrogens (tertiary/aromatic N) is 2. The molecular weight excluding hydrogens is 825 g/mol. The molecule has 0 bridgehead atoms. The van der Waals surface area contributed by atoms with Crippen molar-refractivity contribution in [1.82, 2.24) is 0 Å². The second kappa shape index (κ2) is 20.3. The summed E-state index contributed by atoms with van der Waals surface area (Å²) in [5, 5.41) is 0. The lowest BCUT2D eigenvalue weighted by Gasteiger charge is -2.33. The summed E-state index contributed by atoms with van der Waals surface area (Å²) in [5.41, 5.74) is 15.1. The highest BCUT2D eigenvalue weighted by Gasteiger charge is 2.43. The Morgan fingerprint density at radius 1 is 0.403 bits per heavy atom. The van der Waals surface area contributed by atoms with E-state index in [0.717, 1.165) is 56.4 Å². The fraction of sp³-hybridized carbons (Fsp3) is 0.115. The van der Waals surface area contributed by atoms with Crippen molar-refractivity contribution < 1.29 is 19.1 Å². The summed E-state index contributed by atoms with van der Waals surface area (Å²) in [6, 6.07) is 72.8. The van der Waals surface area contributed by atoms with Crippen LogP contribution < -0.4 is 9.80 Å². The molecule has 0 spiro atoms. The van der Waals surface area contributed by atoms with Crippen LogP contribution in [0, 0.1) is 0 Å². The number of rotatable bonds is 18. The highest BCUT2D eigenvalue weighted by atomic mass is 16.5. The second-order valence-corrected chi connectivity index (χ2v) is 16.7. The number of anilines is 6. The number of carbonyl (C=O) groups is 2. The number of ether oxygens (including phenoxy) is 2. The average Bonchev–Trinajstić information content (AvgIpc) is 3.66. The van der Waals surface area contributed by atoms with Gasteiger partial charge in [0.2, 0.25) is 0 Å². The van der Waals surface area contributed by atoms with E-state index in [2.05, 4.69) is 205 Å². The normalized spacial score (nSPS) is 12.0. The van der Waals surface area contributed by atoms with E-state index in [-0.39, 0.29) is 13.2 Å². The van der Waals surface area contributed by atoms with Gasteiger partial charge in [0, 0.05) is 51.7 Å². The van der Waals surface area contributed by atoms with E-state index in [4.69, 9.17) is 9.47 Å². The third-order valence-corrected chi connectivity index (χ3v) is 12.7. The Labute approximate surface area is 393 Å². The minimum atomic E-state index is -0.493. The van der Waals surface area contributed by atoms with Crippen molar-refractivity contribution in [3.63, 3.8) is 0 Å². The first-order chi connectivity index (χ1) is 33.0. The van der Waals surface area contributed by atoms with E-state index in [1.54, 1.807) is 0 Å². The van der Waals surface area contributed by atoms with Crippen molar-refractivity contribution in [1.29, 1.82) is 0 Å². The molecule has 0 amide bonds. The molecule has 0 atom stereocenters. The number of hydrogen-bond donors (Lipinski definition) is 0. The van der Waals surface area contributed by atoms with E-state index in [1.165, 1.54) is 34.4 Å². The van der Waals surface area contributed by atoms with Gasteiger partial charge in [-0.15, -0.1) is 0 Å². The van der Waals surface area contributed by atoms with Crippen LogP contribution in [0.15, 0.2) is 232 Å². The van der Waals surface area contributed by atoms with Crippen LogP contribution in [0.1, 0.15) is 36.8 Å². The summed E-state index contributed by atoms with van der Waals surface area (Å²) in [7, 11) is 0. The highest BCUT2D eigenvalue weighted by molar-refractivity contribution is 5.88. The SMILES string of the molecule is C=CC(=O)OCCCC1(CCCOC(=O)C=C)c2cc(-c3ccc(N(c4ccccc4)c4ccccc4)cc3)ccc2-c2ccc(-c3ccc(N(c4ccccc4)c4ccccc4)cc3)cc21. The van der Waals surface area contributed by atoms with Crippen LogP contribution >= 0.6 is 0 Å². The Morgan fingerprint density at radius 2 is 0.701 bits per heavy atom. The molecule has 0 unspecified atom stereocenters. The quantitative estimate of drug-likeness (QED) is 0.0486. The Kier molecular flexibility index (Phi) is 13.3. The molecule has 8 aromatic carbocycles. The maximum Gasteiger partial charge on any atom is 0.330 e. The molecule has 1 aliphatic carbocycles. The largest absolute Gasteiger partial charge is 0.463 e. The van der Waals surface area contributed by atoms with Gasteiger partial charge in [-0.25, -0.2) is 9.59 Å². The minimum Gasteiger partial charge on any atom is -0.463 e. The van der Waals surface area contributed by atoms with Crippen LogP contribution in [0.3, 0.4) is 0 Å². The van der Waals surface area contributed by atoms with E-state index >= 15 is 0 Å². The lowest BCUT2D eigenvalue weighted by molar-refractivity contribution is -0.138. The maximum atomic E-state index is 12.2. The third-order valence-electron chi connectivity index (χ3n) is 12.7. The van der Waals surface area contributed by atoms with Crippen LogP contribution in [-0.2, 0) is 24.5 Å². The zero-order chi connectivity index (χ0) is 46.0. The molecule has 0 radical (unpaired) electrons. The van der Waals surface area contributed by atoms with Gasteiger partial charge in [-0.3, -0.25) is 0 Å². The minimum absolute atomic E-state index is 0.254. The van der Waals surface area contributed by atoms with E-state index in [0.29, 0.717) is 25.7 Å². The molecule has 0 fully saturated rings. The maximum absolute atomic E-state index is 12.2. The predicted molar refractivity (Wildman–Crippen MR) is 274 cm³/mol. The summed E-state index contributed by atoms with van der Waals surface area (Å²) < 4.78 is 11.1. The van der Waals surface area contributed by atoms with Crippen LogP contribution in [0.2, 0.25) is 0 Å². The number of para-hydroxylation sites is 4. The lowest BCUT2D eigenvalue weighted by atomic mass is 9.70. The molecular formula is C61H52N2O4. The van der Waals surface area contributed by atoms with Crippen LogP contribution in [0.25, 0.3) is 33.4 Å². The zero-order valence-electron chi connectivity index (χ0n) is 37.5.